The van der Waals surface area contributed by atoms with Crippen LogP contribution in [0, 0.1) is 0 Å². The van der Waals surface area contributed by atoms with Crippen molar-refractivity contribution < 1.29 is 9.52 Å². The molecule has 1 heterocycles. The molecular formula is C11H11NO3. The Morgan fingerprint density at radius 1 is 1.27 bits per heavy atom. The van der Waals surface area contributed by atoms with Crippen molar-refractivity contribution >= 4 is 16.7 Å². The van der Waals surface area contributed by atoms with Crippen molar-refractivity contribution in [2.45, 2.75) is 0 Å². The zero-order valence-electron chi connectivity index (χ0n) is 8.52. The SMILES string of the molecule is CN(C)c1ccc2oc(=O)cc(O)c2c1. The van der Waals surface area contributed by atoms with Crippen molar-refractivity contribution in [1.29, 1.82) is 0 Å². The van der Waals surface area contributed by atoms with Crippen LogP contribution in [0.25, 0.3) is 11.0 Å². The maximum Gasteiger partial charge on any atom is 0.339 e. The van der Waals surface area contributed by atoms with Crippen LogP contribution in [0.15, 0.2) is 33.5 Å². The second-order valence-corrected chi connectivity index (χ2v) is 3.53. The molecule has 0 saturated carbocycles. The third-order valence-electron chi connectivity index (χ3n) is 2.22. The van der Waals surface area contributed by atoms with E-state index in [0.29, 0.717) is 11.0 Å². The molecule has 0 aliphatic carbocycles. The molecule has 0 spiro atoms. The highest BCUT2D eigenvalue weighted by Crippen LogP contribution is 2.26. The topological polar surface area (TPSA) is 53.7 Å². The van der Waals surface area contributed by atoms with Gasteiger partial charge < -0.3 is 14.4 Å². The first kappa shape index (κ1) is 9.58. The summed E-state index contributed by atoms with van der Waals surface area (Å²) in [4.78, 5) is 12.9. The first-order valence-corrected chi connectivity index (χ1v) is 4.52. The normalized spacial score (nSPS) is 10.5. The molecule has 0 radical (unpaired) electrons. The van der Waals surface area contributed by atoms with Crippen molar-refractivity contribution in [2.75, 3.05) is 19.0 Å². The lowest BCUT2D eigenvalue weighted by Gasteiger charge is -2.12. The van der Waals surface area contributed by atoms with E-state index in [0.717, 1.165) is 11.8 Å². The summed E-state index contributed by atoms with van der Waals surface area (Å²) >= 11 is 0. The lowest BCUT2D eigenvalue weighted by Crippen LogP contribution is -2.08. The summed E-state index contributed by atoms with van der Waals surface area (Å²) in [7, 11) is 3.80. The molecule has 1 aromatic carbocycles. The van der Waals surface area contributed by atoms with Gasteiger partial charge in [-0.2, -0.15) is 0 Å². The molecule has 15 heavy (non-hydrogen) atoms. The molecule has 0 unspecified atom stereocenters. The molecule has 0 atom stereocenters. The van der Waals surface area contributed by atoms with Gasteiger partial charge in [-0.1, -0.05) is 0 Å². The van der Waals surface area contributed by atoms with Gasteiger partial charge in [0.05, 0.1) is 11.5 Å². The van der Waals surface area contributed by atoms with Crippen molar-refractivity contribution in [1.82, 2.24) is 0 Å². The fraction of sp³-hybridized carbons (Fsp3) is 0.182. The Kier molecular flexibility index (Phi) is 2.11. The van der Waals surface area contributed by atoms with Gasteiger partial charge in [-0.15, -0.1) is 0 Å². The number of nitrogens with zero attached hydrogens (tertiary/aromatic N) is 1. The van der Waals surface area contributed by atoms with Crippen LogP contribution in [0.5, 0.6) is 5.75 Å². The number of anilines is 1. The predicted molar refractivity (Wildman–Crippen MR) is 58.5 cm³/mol. The number of fused-ring (bicyclic) bond motifs is 1. The van der Waals surface area contributed by atoms with E-state index in [1.54, 1.807) is 12.1 Å². The highest BCUT2D eigenvalue weighted by atomic mass is 16.4. The molecule has 1 N–H and O–H groups in total. The molecule has 2 aromatic rings. The van der Waals surface area contributed by atoms with E-state index < -0.39 is 5.63 Å². The molecule has 0 fully saturated rings. The second kappa shape index (κ2) is 3.31. The third-order valence-corrected chi connectivity index (χ3v) is 2.22. The van der Waals surface area contributed by atoms with E-state index in [1.165, 1.54) is 0 Å². The Morgan fingerprint density at radius 2 is 2.00 bits per heavy atom. The first-order valence-electron chi connectivity index (χ1n) is 4.52. The van der Waals surface area contributed by atoms with E-state index in [1.807, 2.05) is 25.1 Å². The summed E-state index contributed by atoms with van der Waals surface area (Å²) in [5, 5.41) is 10.1. The Labute approximate surface area is 86.4 Å². The second-order valence-electron chi connectivity index (χ2n) is 3.53. The summed E-state index contributed by atoms with van der Waals surface area (Å²) in [6.45, 7) is 0. The highest BCUT2D eigenvalue weighted by molar-refractivity contribution is 5.86. The molecule has 0 amide bonds. The van der Waals surface area contributed by atoms with Gasteiger partial charge in [-0.05, 0) is 18.2 Å². The van der Waals surface area contributed by atoms with Crippen LogP contribution >= 0.6 is 0 Å². The summed E-state index contributed by atoms with van der Waals surface area (Å²) in [5.74, 6) is -0.0510. The van der Waals surface area contributed by atoms with Crippen LogP contribution in [0.1, 0.15) is 0 Å². The fourth-order valence-electron chi connectivity index (χ4n) is 1.41. The van der Waals surface area contributed by atoms with Crippen molar-refractivity contribution in [2.24, 2.45) is 0 Å². The molecule has 4 heteroatoms. The Hall–Kier alpha value is -1.97. The van der Waals surface area contributed by atoms with Gasteiger partial charge in [0.1, 0.15) is 11.3 Å². The monoisotopic (exact) mass is 205 g/mol. The largest absolute Gasteiger partial charge is 0.507 e. The predicted octanol–water partition coefficient (Wildman–Crippen LogP) is 1.56. The summed E-state index contributed by atoms with van der Waals surface area (Å²) in [6.07, 6.45) is 0. The Balaban J connectivity index is 2.77. The van der Waals surface area contributed by atoms with Gasteiger partial charge in [0.25, 0.3) is 0 Å². The number of hydrogen-bond donors (Lipinski definition) is 1. The first-order chi connectivity index (χ1) is 7.08. The van der Waals surface area contributed by atoms with E-state index in [9.17, 15) is 9.90 Å². The van der Waals surface area contributed by atoms with Crippen LogP contribution < -0.4 is 10.5 Å². The van der Waals surface area contributed by atoms with Crippen molar-refractivity contribution in [3.05, 3.63) is 34.7 Å². The molecular weight excluding hydrogens is 194 g/mol. The van der Waals surface area contributed by atoms with Gasteiger partial charge in [-0.25, -0.2) is 4.79 Å². The minimum absolute atomic E-state index is 0.0510. The Morgan fingerprint density at radius 3 is 2.67 bits per heavy atom. The van der Waals surface area contributed by atoms with Gasteiger partial charge in [0.2, 0.25) is 0 Å². The molecule has 0 aliphatic rings. The average molecular weight is 205 g/mol. The molecule has 0 saturated heterocycles. The lowest BCUT2D eigenvalue weighted by molar-refractivity contribution is 0.468. The van der Waals surface area contributed by atoms with Crippen LogP contribution in [-0.4, -0.2) is 19.2 Å². The fourth-order valence-corrected chi connectivity index (χ4v) is 1.41. The molecule has 1 aromatic heterocycles. The molecule has 78 valence electrons. The van der Waals surface area contributed by atoms with Gasteiger partial charge in [-0.3, -0.25) is 0 Å². The molecule has 4 nitrogen and oxygen atoms in total. The zero-order valence-corrected chi connectivity index (χ0v) is 8.52. The minimum Gasteiger partial charge on any atom is -0.507 e. The summed E-state index contributed by atoms with van der Waals surface area (Å²) in [6, 6.07) is 6.34. The smallest absolute Gasteiger partial charge is 0.339 e. The standard InChI is InChI=1S/C11H11NO3/c1-12(2)7-3-4-10-8(5-7)9(13)6-11(14)15-10/h3-6,13H,1-2H3. The van der Waals surface area contributed by atoms with Crippen molar-refractivity contribution in [3.8, 4) is 5.75 Å². The van der Waals surface area contributed by atoms with Crippen LogP contribution in [-0.2, 0) is 0 Å². The van der Waals surface area contributed by atoms with E-state index in [4.69, 9.17) is 4.42 Å². The van der Waals surface area contributed by atoms with Gasteiger partial charge >= 0.3 is 5.63 Å². The van der Waals surface area contributed by atoms with E-state index >= 15 is 0 Å². The quantitative estimate of drug-likeness (QED) is 0.718. The number of rotatable bonds is 1. The molecule has 2 rings (SSSR count). The van der Waals surface area contributed by atoms with Gasteiger partial charge in [0, 0.05) is 19.8 Å². The zero-order chi connectivity index (χ0) is 11.0. The Bertz CT molecular complexity index is 557. The highest BCUT2D eigenvalue weighted by Gasteiger charge is 2.05. The minimum atomic E-state index is -0.544. The van der Waals surface area contributed by atoms with Crippen LogP contribution in [0.3, 0.4) is 0 Å². The molecule has 0 aliphatic heterocycles. The van der Waals surface area contributed by atoms with E-state index in [-0.39, 0.29) is 5.75 Å². The number of aromatic hydroxyl groups is 1. The maximum atomic E-state index is 11.0. The molecule has 0 bridgehead atoms. The summed E-state index contributed by atoms with van der Waals surface area (Å²) < 4.78 is 4.94. The van der Waals surface area contributed by atoms with Crippen LogP contribution in [0.2, 0.25) is 0 Å². The third kappa shape index (κ3) is 1.66. The van der Waals surface area contributed by atoms with E-state index in [2.05, 4.69) is 0 Å². The maximum absolute atomic E-state index is 11.0. The van der Waals surface area contributed by atoms with Gasteiger partial charge in [0.15, 0.2) is 0 Å². The lowest BCUT2D eigenvalue weighted by atomic mass is 10.2. The van der Waals surface area contributed by atoms with Crippen molar-refractivity contribution in [3.63, 3.8) is 0 Å². The number of benzene rings is 1. The summed E-state index contributed by atoms with van der Waals surface area (Å²) in [5.41, 5.74) is 0.787. The average Bonchev–Trinajstić information content (AvgIpc) is 2.16. The number of hydrogen-bond acceptors (Lipinski definition) is 4. The van der Waals surface area contributed by atoms with Crippen LogP contribution in [0.4, 0.5) is 5.69 Å².